The van der Waals surface area contributed by atoms with E-state index in [4.69, 9.17) is 0 Å². The molecule has 0 radical (unpaired) electrons. The number of nitrogens with zero attached hydrogens (tertiary/aromatic N) is 6. The van der Waals surface area contributed by atoms with Gasteiger partial charge in [0.15, 0.2) is 0 Å². The number of amides is 2. The zero-order valence-electron chi connectivity index (χ0n) is 18.6. The molecule has 0 fully saturated rings. The normalized spacial score (nSPS) is 13.4. The first kappa shape index (κ1) is 23.9. The molecule has 0 unspecified atom stereocenters. The molecule has 0 atom stereocenters. The molecule has 1 aliphatic rings. The second kappa shape index (κ2) is 9.64. The maximum Gasteiger partial charge on any atom is 0.573 e. The molecule has 5 rings (SSSR count). The number of ether oxygens (including phenoxy) is 1. The number of alkyl halides is 3. The van der Waals surface area contributed by atoms with Crippen LogP contribution in [0.5, 0.6) is 5.75 Å². The van der Waals surface area contributed by atoms with Crippen molar-refractivity contribution in [2.45, 2.75) is 25.9 Å². The Hall–Kier alpha value is -3.87. The number of para-hydroxylation sites is 1. The van der Waals surface area contributed by atoms with Crippen molar-refractivity contribution in [3.05, 3.63) is 82.3 Å². The number of urea groups is 1. The van der Waals surface area contributed by atoms with Gasteiger partial charge in [0, 0.05) is 36.0 Å². The molecule has 0 saturated carbocycles. The quantitative estimate of drug-likeness (QED) is 0.379. The zero-order valence-corrected chi connectivity index (χ0v) is 20.2. The molecule has 4 aromatic rings. The predicted octanol–water partition coefficient (Wildman–Crippen LogP) is 4.76. The molecule has 2 aromatic heterocycles. The summed E-state index contributed by atoms with van der Waals surface area (Å²) < 4.78 is 45.4. The van der Waals surface area contributed by atoms with Crippen molar-refractivity contribution in [1.82, 2.24) is 29.7 Å². The van der Waals surface area contributed by atoms with E-state index in [1.807, 2.05) is 30.3 Å². The third-order valence-corrected chi connectivity index (χ3v) is 6.24. The minimum absolute atomic E-state index is 0.165. The largest absolute Gasteiger partial charge is 0.573 e. The van der Waals surface area contributed by atoms with Crippen LogP contribution in [0.3, 0.4) is 0 Å². The van der Waals surface area contributed by atoms with E-state index in [-0.39, 0.29) is 16.3 Å². The van der Waals surface area contributed by atoms with Crippen LogP contribution < -0.4 is 10.1 Å². The first-order chi connectivity index (χ1) is 17.2. The zero-order chi connectivity index (χ0) is 25.3. The number of nitrogens with one attached hydrogen (secondary N) is 1. The van der Waals surface area contributed by atoms with Crippen LogP contribution in [0.25, 0.3) is 5.69 Å². The van der Waals surface area contributed by atoms with Gasteiger partial charge in [-0.25, -0.2) is 9.48 Å². The first-order valence-electron chi connectivity index (χ1n) is 10.9. The first-order valence-corrected chi connectivity index (χ1v) is 11.7. The number of aromatic nitrogens is 5. The van der Waals surface area contributed by atoms with Crippen LogP contribution >= 0.6 is 15.9 Å². The molecule has 0 spiro atoms. The maximum atomic E-state index is 12.7. The number of hydrogen-bond acceptors (Lipinski definition) is 5. The lowest BCUT2D eigenvalue weighted by molar-refractivity contribution is -0.274. The molecule has 0 saturated heterocycles. The highest BCUT2D eigenvalue weighted by molar-refractivity contribution is 9.10. The predicted molar refractivity (Wildman–Crippen MR) is 127 cm³/mol. The van der Waals surface area contributed by atoms with Gasteiger partial charge >= 0.3 is 12.4 Å². The number of carbonyl (C=O) groups excluding carboxylic acids is 1. The molecule has 3 heterocycles. The molecule has 9 nitrogen and oxygen atoms in total. The number of hydrogen-bond donors (Lipinski definition) is 1. The van der Waals surface area contributed by atoms with Crippen LogP contribution in [0.2, 0.25) is 0 Å². The van der Waals surface area contributed by atoms with E-state index in [2.05, 4.69) is 41.4 Å². The molecule has 0 aliphatic carbocycles. The Balaban J connectivity index is 1.26. The van der Waals surface area contributed by atoms with Crippen molar-refractivity contribution in [1.29, 1.82) is 0 Å². The van der Waals surface area contributed by atoms with E-state index in [9.17, 15) is 18.0 Å². The van der Waals surface area contributed by atoms with Crippen molar-refractivity contribution in [2.24, 2.45) is 0 Å². The third kappa shape index (κ3) is 5.35. The second-order valence-corrected chi connectivity index (χ2v) is 8.91. The summed E-state index contributed by atoms with van der Waals surface area (Å²) in [6, 6.07) is 13.3. The summed E-state index contributed by atoms with van der Waals surface area (Å²) >= 11 is 3.05. The van der Waals surface area contributed by atoms with Crippen molar-refractivity contribution < 1.29 is 22.7 Å². The van der Waals surface area contributed by atoms with Gasteiger partial charge in [0.2, 0.25) is 0 Å². The minimum atomic E-state index is -4.81. The Morgan fingerprint density at radius 1 is 1.17 bits per heavy atom. The summed E-state index contributed by atoms with van der Waals surface area (Å²) in [6.07, 6.45) is -0.837. The molecular formula is C23H19BrF3N7O2. The molecule has 0 bridgehead atoms. The fraction of sp³-hybridized carbons (Fsp3) is 0.217. The Labute approximate surface area is 211 Å². The van der Waals surface area contributed by atoms with Crippen LogP contribution in [0, 0.1) is 0 Å². The number of anilines is 1. The molecule has 2 amide bonds. The van der Waals surface area contributed by atoms with E-state index < -0.39 is 6.36 Å². The van der Waals surface area contributed by atoms with Crippen LogP contribution in [0.4, 0.5) is 23.7 Å². The van der Waals surface area contributed by atoms with Crippen LogP contribution in [-0.2, 0) is 19.5 Å². The number of halogens is 4. The third-order valence-electron chi connectivity index (χ3n) is 5.58. The molecular weight excluding hydrogens is 543 g/mol. The van der Waals surface area contributed by atoms with Crippen molar-refractivity contribution >= 4 is 27.6 Å². The van der Waals surface area contributed by atoms with Crippen LogP contribution in [0.1, 0.15) is 17.0 Å². The summed E-state index contributed by atoms with van der Waals surface area (Å²) in [5.41, 5.74) is 3.61. The fourth-order valence-corrected chi connectivity index (χ4v) is 4.25. The Morgan fingerprint density at radius 2 is 1.97 bits per heavy atom. The van der Waals surface area contributed by atoms with Crippen molar-refractivity contribution in [3.63, 3.8) is 0 Å². The Morgan fingerprint density at radius 3 is 2.75 bits per heavy atom. The van der Waals surface area contributed by atoms with E-state index in [1.165, 1.54) is 16.8 Å². The number of benzene rings is 2. The van der Waals surface area contributed by atoms with Gasteiger partial charge in [-0.15, -0.1) is 18.3 Å². The maximum absolute atomic E-state index is 12.7. The SMILES string of the molecule is O=C(Nc1ccccc1)N1CCc2c(cnn2Cc2cn(-c3ccc(Br)c(OC(F)(F)F)c3)nn2)C1. The monoisotopic (exact) mass is 561 g/mol. The topological polar surface area (TPSA) is 90.1 Å². The summed E-state index contributed by atoms with van der Waals surface area (Å²) in [5.74, 6) is -0.376. The lowest BCUT2D eigenvalue weighted by atomic mass is 10.1. The van der Waals surface area contributed by atoms with Crippen LogP contribution in [-0.4, -0.2) is 48.6 Å². The van der Waals surface area contributed by atoms with E-state index in [1.54, 1.807) is 28.0 Å². The van der Waals surface area contributed by atoms with Gasteiger partial charge in [0.1, 0.15) is 11.4 Å². The fourth-order valence-electron chi connectivity index (χ4n) is 3.92. The molecule has 1 aliphatic heterocycles. The summed E-state index contributed by atoms with van der Waals surface area (Å²) in [5, 5.41) is 15.5. The molecule has 13 heteroatoms. The van der Waals surface area contributed by atoms with E-state index in [0.29, 0.717) is 37.4 Å². The minimum Gasteiger partial charge on any atom is -0.405 e. The second-order valence-electron chi connectivity index (χ2n) is 8.06. The Bertz CT molecular complexity index is 1390. The van der Waals surface area contributed by atoms with Crippen molar-refractivity contribution in [3.8, 4) is 11.4 Å². The van der Waals surface area contributed by atoms with Gasteiger partial charge in [-0.2, -0.15) is 5.10 Å². The lowest BCUT2D eigenvalue weighted by Crippen LogP contribution is -2.39. The highest BCUT2D eigenvalue weighted by Gasteiger charge is 2.32. The number of fused-ring (bicyclic) bond motifs is 1. The van der Waals surface area contributed by atoms with Gasteiger partial charge in [-0.3, -0.25) is 4.68 Å². The number of carbonyl (C=O) groups is 1. The van der Waals surface area contributed by atoms with Gasteiger partial charge < -0.3 is 15.0 Å². The summed E-state index contributed by atoms with van der Waals surface area (Å²) in [4.78, 5) is 14.4. The summed E-state index contributed by atoms with van der Waals surface area (Å²) in [6.45, 7) is 1.29. The number of rotatable bonds is 5. The standard InChI is InChI=1S/C23H19BrF3N7O2/c24-19-7-6-18(10-21(19)36-23(25,26)27)33-13-17(30-31-33)14-34-20-8-9-32(12-15(20)11-28-34)22(35)29-16-4-2-1-3-5-16/h1-7,10-11,13H,8-9,12,14H2,(H,29,35). The van der Waals surface area contributed by atoms with E-state index in [0.717, 1.165) is 16.9 Å². The van der Waals surface area contributed by atoms with Gasteiger partial charge in [-0.1, -0.05) is 23.4 Å². The lowest BCUT2D eigenvalue weighted by Gasteiger charge is -2.27. The Kier molecular flexibility index (Phi) is 6.39. The summed E-state index contributed by atoms with van der Waals surface area (Å²) in [7, 11) is 0. The van der Waals surface area contributed by atoms with E-state index >= 15 is 0 Å². The average molecular weight is 562 g/mol. The van der Waals surface area contributed by atoms with Crippen molar-refractivity contribution in [2.75, 3.05) is 11.9 Å². The highest BCUT2D eigenvalue weighted by atomic mass is 79.9. The van der Waals surface area contributed by atoms with Gasteiger partial charge in [-0.05, 0) is 40.2 Å². The average Bonchev–Trinajstić information content (AvgIpc) is 3.47. The molecule has 1 N–H and O–H groups in total. The van der Waals surface area contributed by atoms with Crippen LogP contribution in [0.15, 0.2) is 65.4 Å². The van der Waals surface area contributed by atoms with Gasteiger partial charge in [0.25, 0.3) is 0 Å². The highest BCUT2D eigenvalue weighted by Crippen LogP contribution is 2.32. The molecule has 2 aromatic carbocycles. The molecule has 186 valence electrons. The molecule has 36 heavy (non-hydrogen) atoms. The van der Waals surface area contributed by atoms with Gasteiger partial charge in [0.05, 0.1) is 35.6 Å². The smallest absolute Gasteiger partial charge is 0.405 e.